The summed E-state index contributed by atoms with van der Waals surface area (Å²) in [5.41, 5.74) is 1.86. The molecule has 19 heavy (non-hydrogen) atoms. The second-order valence-corrected chi connectivity index (χ2v) is 4.54. The second-order valence-electron chi connectivity index (χ2n) is 4.11. The Labute approximate surface area is 113 Å². The van der Waals surface area contributed by atoms with E-state index in [4.69, 9.17) is 16.7 Å². The van der Waals surface area contributed by atoms with Crippen LogP contribution in [0.2, 0.25) is 5.02 Å². The molecule has 1 N–H and O–H groups in total. The fraction of sp³-hybridized carbons (Fsp3) is 0. The standard InChI is InChI=1S/C14H9ClN2O2/c15-11-4-5-17-12(7-11)8-16-13(17)9-2-1-3-10(6-9)14(18)19/h1-8H,(H,18,19). The lowest BCUT2D eigenvalue weighted by atomic mass is 10.1. The van der Waals surface area contributed by atoms with Crippen LogP contribution < -0.4 is 0 Å². The molecule has 94 valence electrons. The van der Waals surface area contributed by atoms with Crippen molar-refractivity contribution >= 4 is 23.1 Å². The predicted octanol–water partition coefficient (Wildman–Crippen LogP) is 3.35. The lowest BCUT2D eigenvalue weighted by Crippen LogP contribution is -1.97. The number of halogens is 1. The highest BCUT2D eigenvalue weighted by atomic mass is 35.5. The number of fused-ring (bicyclic) bond motifs is 1. The van der Waals surface area contributed by atoms with Crippen molar-refractivity contribution in [3.05, 3.63) is 59.4 Å². The molecule has 5 heteroatoms. The topological polar surface area (TPSA) is 54.6 Å². The van der Waals surface area contributed by atoms with Crippen LogP contribution in [0.5, 0.6) is 0 Å². The number of carboxylic acids is 1. The Morgan fingerprint density at radius 1 is 1.26 bits per heavy atom. The summed E-state index contributed by atoms with van der Waals surface area (Å²) >= 11 is 5.92. The van der Waals surface area contributed by atoms with Gasteiger partial charge >= 0.3 is 5.97 Å². The number of carbonyl (C=O) groups is 1. The average Bonchev–Trinajstić information content (AvgIpc) is 2.81. The van der Waals surface area contributed by atoms with E-state index in [0.29, 0.717) is 10.8 Å². The highest BCUT2D eigenvalue weighted by molar-refractivity contribution is 6.30. The number of carboxylic acid groups (broad SMARTS) is 1. The highest BCUT2D eigenvalue weighted by Gasteiger charge is 2.09. The minimum atomic E-state index is -0.953. The zero-order valence-corrected chi connectivity index (χ0v) is 10.5. The zero-order chi connectivity index (χ0) is 13.4. The summed E-state index contributed by atoms with van der Waals surface area (Å²) in [4.78, 5) is 15.3. The van der Waals surface area contributed by atoms with E-state index in [1.165, 1.54) is 0 Å². The number of hydrogen-bond donors (Lipinski definition) is 1. The Kier molecular flexibility index (Phi) is 2.72. The van der Waals surface area contributed by atoms with Crippen LogP contribution in [0.25, 0.3) is 16.9 Å². The molecular weight excluding hydrogens is 264 g/mol. The van der Waals surface area contributed by atoms with E-state index in [2.05, 4.69) is 4.98 Å². The van der Waals surface area contributed by atoms with Gasteiger partial charge in [-0.2, -0.15) is 0 Å². The summed E-state index contributed by atoms with van der Waals surface area (Å²) in [6.45, 7) is 0. The molecule has 0 radical (unpaired) electrons. The number of aromatic carboxylic acids is 1. The molecule has 3 aromatic rings. The van der Waals surface area contributed by atoms with Gasteiger partial charge in [0.25, 0.3) is 0 Å². The smallest absolute Gasteiger partial charge is 0.335 e. The molecule has 4 nitrogen and oxygen atoms in total. The first-order valence-corrected chi connectivity index (χ1v) is 5.99. The monoisotopic (exact) mass is 272 g/mol. The van der Waals surface area contributed by atoms with Gasteiger partial charge in [0.05, 0.1) is 17.3 Å². The maximum atomic E-state index is 11.0. The van der Waals surface area contributed by atoms with Crippen LogP contribution in [0.3, 0.4) is 0 Å². The van der Waals surface area contributed by atoms with E-state index < -0.39 is 5.97 Å². The Bertz CT molecular complexity index is 780. The van der Waals surface area contributed by atoms with Gasteiger partial charge < -0.3 is 5.11 Å². The molecular formula is C14H9ClN2O2. The summed E-state index contributed by atoms with van der Waals surface area (Å²) in [5.74, 6) is -0.263. The summed E-state index contributed by atoms with van der Waals surface area (Å²) in [7, 11) is 0. The van der Waals surface area contributed by atoms with Crippen molar-refractivity contribution in [1.29, 1.82) is 0 Å². The number of hydrogen-bond acceptors (Lipinski definition) is 2. The van der Waals surface area contributed by atoms with Crippen LogP contribution in [0, 0.1) is 0 Å². The molecule has 2 heterocycles. The van der Waals surface area contributed by atoms with Gasteiger partial charge in [-0.25, -0.2) is 9.78 Å². The normalized spacial score (nSPS) is 10.8. The lowest BCUT2D eigenvalue weighted by molar-refractivity contribution is 0.0697. The Morgan fingerprint density at radius 3 is 2.89 bits per heavy atom. The van der Waals surface area contributed by atoms with Crippen molar-refractivity contribution in [2.45, 2.75) is 0 Å². The molecule has 0 saturated heterocycles. The summed E-state index contributed by atoms with van der Waals surface area (Å²) < 4.78 is 1.87. The SMILES string of the molecule is O=C(O)c1cccc(-c2ncc3cc(Cl)ccn23)c1. The average molecular weight is 273 g/mol. The van der Waals surface area contributed by atoms with Crippen LogP contribution in [0.4, 0.5) is 0 Å². The Hall–Kier alpha value is -2.33. The van der Waals surface area contributed by atoms with Crippen LogP contribution >= 0.6 is 11.6 Å². The molecule has 0 aliphatic rings. The van der Waals surface area contributed by atoms with Crippen molar-refractivity contribution in [1.82, 2.24) is 9.38 Å². The van der Waals surface area contributed by atoms with Gasteiger partial charge in [-0.15, -0.1) is 0 Å². The van der Waals surface area contributed by atoms with Crippen molar-refractivity contribution in [2.75, 3.05) is 0 Å². The van der Waals surface area contributed by atoms with E-state index in [1.807, 2.05) is 16.7 Å². The van der Waals surface area contributed by atoms with Gasteiger partial charge in [0.1, 0.15) is 5.82 Å². The van der Waals surface area contributed by atoms with E-state index >= 15 is 0 Å². The maximum Gasteiger partial charge on any atom is 0.335 e. The van der Waals surface area contributed by atoms with Gasteiger partial charge in [-0.05, 0) is 24.3 Å². The third-order valence-electron chi connectivity index (χ3n) is 2.86. The molecule has 0 atom stereocenters. The summed E-state index contributed by atoms with van der Waals surface area (Å²) in [5, 5.41) is 9.65. The van der Waals surface area contributed by atoms with E-state index in [-0.39, 0.29) is 5.56 Å². The molecule has 0 saturated carbocycles. The van der Waals surface area contributed by atoms with E-state index in [0.717, 1.165) is 11.1 Å². The number of aromatic nitrogens is 2. The first kappa shape index (κ1) is 11.7. The first-order valence-electron chi connectivity index (χ1n) is 5.61. The van der Waals surface area contributed by atoms with Crippen LogP contribution in [-0.4, -0.2) is 20.5 Å². The third-order valence-corrected chi connectivity index (χ3v) is 3.10. The molecule has 0 aliphatic carbocycles. The number of pyridine rings is 1. The van der Waals surface area contributed by atoms with Gasteiger partial charge in [0.2, 0.25) is 0 Å². The van der Waals surface area contributed by atoms with Crippen molar-refractivity contribution in [2.24, 2.45) is 0 Å². The minimum absolute atomic E-state index is 0.239. The van der Waals surface area contributed by atoms with Crippen LogP contribution in [-0.2, 0) is 0 Å². The van der Waals surface area contributed by atoms with Gasteiger partial charge in [-0.3, -0.25) is 4.40 Å². The zero-order valence-electron chi connectivity index (χ0n) is 9.75. The molecule has 3 rings (SSSR count). The van der Waals surface area contributed by atoms with Crippen molar-refractivity contribution < 1.29 is 9.90 Å². The summed E-state index contributed by atoms with van der Waals surface area (Å²) in [6.07, 6.45) is 3.52. The highest BCUT2D eigenvalue weighted by Crippen LogP contribution is 2.22. The number of benzene rings is 1. The molecule has 0 bridgehead atoms. The second kappa shape index (κ2) is 4.40. The molecule has 0 spiro atoms. The first-order chi connectivity index (χ1) is 9.15. The lowest BCUT2D eigenvalue weighted by Gasteiger charge is -2.03. The van der Waals surface area contributed by atoms with Crippen molar-refractivity contribution in [3.63, 3.8) is 0 Å². The molecule has 0 unspecified atom stereocenters. The van der Waals surface area contributed by atoms with Crippen molar-refractivity contribution in [3.8, 4) is 11.4 Å². The Morgan fingerprint density at radius 2 is 2.11 bits per heavy atom. The minimum Gasteiger partial charge on any atom is -0.478 e. The fourth-order valence-corrected chi connectivity index (χ4v) is 2.15. The largest absolute Gasteiger partial charge is 0.478 e. The fourth-order valence-electron chi connectivity index (χ4n) is 1.98. The van der Waals surface area contributed by atoms with Gasteiger partial charge in [0.15, 0.2) is 0 Å². The quantitative estimate of drug-likeness (QED) is 0.778. The summed E-state index contributed by atoms with van der Waals surface area (Å²) in [6, 6.07) is 10.3. The van der Waals surface area contributed by atoms with Gasteiger partial charge in [-0.1, -0.05) is 23.7 Å². The Balaban J connectivity index is 2.19. The molecule has 1 aromatic carbocycles. The number of nitrogens with zero attached hydrogens (tertiary/aromatic N) is 2. The van der Waals surface area contributed by atoms with Gasteiger partial charge in [0, 0.05) is 16.8 Å². The number of rotatable bonds is 2. The predicted molar refractivity (Wildman–Crippen MR) is 72.6 cm³/mol. The van der Waals surface area contributed by atoms with E-state index in [9.17, 15) is 4.79 Å². The van der Waals surface area contributed by atoms with Crippen LogP contribution in [0.1, 0.15) is 10.4 Å². The molecule has 0 amide bonds. The number of imidazole rings is 1. The van der Waals surface area contributed by atoms with Crippen LogP contribution in [0.15, 0.2) is 48.8 Å². The van der Waals surface area contributed by atoms with E-state index in [1.54, 1.807) is 36.5 Å². The maximum absolute atomic E-state index is 11.0. The molecule has 2 aromatic heterocycles. The third kappa shape index (κ3) is 2.06. The molecule has 0 fully saturated rings. The molecule has 0 aliphatic heterocycles.